The topological polar surface area (TPSA) is 67.3 Å². The fraction of sp³-hybridized carbons (Fsp3) is 0.571. The van der Waals surface area contributed by atoms with Crippen molar-refractivity contribution in [2.24, 2.45) is 7.05 Å². The third-order valence-electron chi connectivity index (χ3n) is 4.02. The number of likely N-dealkylation sites (tertiary alicyclic amines) is 1. The summed E-state index contributed by atoms with van der Waals surface area (Å²) in [5.41, 5.74) is 0. The molecule has 6 nitrogen and oxygen atoms in total. The molecule has 0 spiro atoms. The molecule has 0 amide bonds. The molecule has 3 heterocycles. The highest BCUT2D eigenvalue weighted by Crippen LogP contribution is 2.28. The van der Waals surface area contributed by atoms with E-state index in [-0.39, 0.29) is 0 Å². The van der Waals surface area contributed by atoms with E-state index in [4.69, 9.17) is 4.42 Å². The zero-order chi connectivity index (χ0) is 13.9. The average Bonchev–Trinajstić information content (AvgIpc) is 3.14. The summed E-state index contributed by atoms with van der Waals surface area (Å²) in [5, 5.41) is 18.3. The third kappa shape index (κ3) is 2.76. The first-order valence-electron chi connectivity index (χ1n) is 7.02. The van der Waals surface area contributed by atoms with E-state index in [0.29, 0.717) is 18.2 Å². The molecule has 3 rings (SSSR count). The Hall–Kier alpha value is -1.66. The maximum Gasteiger partial charge on any atom is 0.146 e. The lowest BCUT2D eigenvalue weighted by molar-refractivity contribution is 0.0983. The molecule has 0 saturated carbocycles. The number of hydrogen-bond acceptors (Lipinski definition) is 5. The molecule has 2 aromatic heterocycles. The molecule has 108 valence electrons. The van der Waals surface area contributed by atoms with Gasteiger partial charge in [0.05, 0.1) is 12.8 Å². The largest absolute Gasteiger partial charge is 0.467 e. The molecule has 6 heteroatoms. The Kier molecular flexibility index (Phi) is 3.84. The van der Waals surface area contributed by atoms with Crippen LogP contribution in [-0.2, 0) is 13.6 Å². The summed E-state index contributed by atoms with van der Waals surface area (Å²) in [6, 6.07) is 4.00. The molecule has 2 aromatic rings. The first-order chi connectivity index (χ1) is 9.74. The lowest BCUT2D eigenvalue weighted by atomic mass is 10.1. The van der Waals surface area contributed by atoms with Gasteiger partial charge in [0, 0.05) is 13.1 Å². The Morgan fingerprint density at radius 1 is 1.55 bits per heavy atom. The highest BCUT2D eigenvalue weighted by molar-refractivity contribution is 5.03. The Balaban J connectivity index is 1.62. The molecule has 0 aliphatic carbocycles. The van der Waals surface area contributed by atoms with E-state index in [1.165, 1.54) is 0 Å². The van der Waals surface area contributed by atoms with Gasteiger partial charge >= 0.3 is 0 Å². The minimum Gasteiger partial charge on any atom is -0.467 e. The maximum atomic E-state index is 10.2. The zero-order valence-corrected chi connectivity index (χ0v) is 11.6. The minimum atomic E-state index is -0.532. The summed E-state index contributed by atoms with van der Waals surface area (Å²) in [6.07, 6.45) is 5.76. The SMILES string of the molecule is Cn1cnnc1CN1CCCC1CC(O)c1ccco1. The summed E-state index contributed by atoms with van der Waals surface area (Å²) >= 11 is 0. The summed E-state index contributed by atoms with van der Waals surface area (Å²) in [7, 11) is 1.96. The van der Waals surface area contributed by atoms with Crippen LogP contribution in [0.5, 0.6) is 0 Å². The van der Waals surface area contributed by atoms with Crippen LogP contribution >= 0.6 is 0 Å². The fourth-order valence-electron chi connectivity index (χ4n) is 2.86. The Morgan fingerprint density at radius 2 is 2.45 bits per heavy atom. The number of furan rings is 1. The van der Waals surface area contributed by atoms with Crippen molar-refractivity contribution in [1.29, 1.82) is 0 Å². The average molecular weight is 276 g/mol. The van der Waals surface area contributed by atoms with E-state index in [9.17, 15) is 5.11 Å². The lowest BCUT2D eigenvalue weighted by Gasteiger charge is -2.25. The first kappa shape index (κ1) is 13.3. The van der Waals surface area contributed by atoms with Crippen LogP contribution in [0, 0.1) is 0 Å². The van der Waals surface area contributed by atoms with E-state index >= 15 is 0 Å². The first-order valence-corrected chi connectivity index (χ1v) is 7.02. The molecule has 20 heavy (non-hydrogen) atoms. The van der Waals surface area contributed by atoms with Gasteiger partial charge in [0.15, 0.2) is 0 Å². The van der Waals surface area contributed by atoms with Crippen molar-refractivity contribution in [3.8, 4) is 0 Å². The van der Waals surface area contributed by atoms with Crippen molar-refractivity contribution < 1.29 is 9.52 Å². The van der Waals surface area contributed by atoms with Crippen molar-refractivity contribution in [3.63, 3.8) is 0 Å². The molecule has 2 unspecified atom stereocenters. The van der Waals surface area contributed by atoms with Crippen LogP contribution in [0.25, 0.3) is 0 Å². The Morgan fingerprint density at radius 3 is 3.15 bits per heavy atom. The highest BCUT2D eigenvalue weighted by Gasteiger charge is 2.28. The van der Waals surface area contributed by atoms with E-state index in [1.54, 1.807) is 12.6 Å². The Bertz CT molecular complexity index is 537. The van der Waals surface area contributed by atoms with E-state index in [2.05, 4.69) is 15.1 Å². The van der Waals surface area contributed by atoms with Crippen LogP contribution < -0.4 is 0 Å². The van der Waals surface area contributed by atoms with Gasteiger partial charge in [0.2, 0.25) is 0 Å². The number of nitrogens with zero attached hydrogens (tertiary/aromatic N) is 4. The predicted octanol–water partition coefficient (Wildman–Crippen LogP) is 1.50. The molecule has 1 fully saturated rings. The molecular formula is C14H20N4O2. The summed E-state index contributed by atoms with van der Waals surface area (Å²) < 4.78 is 7.21. The lowest BCUT2D eigenvalue weighted by Crippen LogP contribution is -2.31. The quantitative estimate of drug-likeness (QED) is 0.896. The number of aromatic nitrogens is 3. The smallest absolute Gasteiger partial charge is 0.146 e. The van der Waals surface area contributed by atoms with Gasteiger partial charge in [-0.25, -0.2) is 0 Å². The second-order valence-corrected chi connectivity index (χ2v) is 5.39. The second kappa shape index (κ2) is 5.76. The van der Waals surface area contributed by atoms with Gasteiger partial charge in [-0.1, -0.05) is 0 Å². The summed E-state index contributed by atoms with van der Waals surface area (Å²) in [4.78, 5) is 2.37. The van der Waals surface area contributed by atoms with Crippen LogP contribution in [-0.4, -0.2) is 37.4 Å². The zero-order valence-electron chi connectivity index (χ0n) is 11.6. The predicted molar refractivity (Wildman–Crippen MR) is 72.7 cm³/mol. The van der Waals surface area contributed by atoms with E-state index < -0.39 is 6.10 Å². The molecule has 2 atom stereocenters. The normalized spacial score (nSPS) is 21.4. The van der Waals surface area contributed by atoms with E-state index in [1.807, 2.05) is 23.7 Å². The minimum absolute atomic E-state index is 0.367. The number of hydrogen-bond donors (Lipinski definition) is 1. The van der Waals surface area contributed by atoms with Crippen LogP contribution in [0.2, 0.25) is 0 Å². The van der Waals surface area contributed by atoms with Crippen LogP contribution in [0.1, 0.15) is 37.0 Å². The number of aryl methyl sites for hydroxylation is 1. The van der Waals surface area contributed by atoms with Crippen LogP contribution in [0.3, 0.4) is 0 Å². The van der Waals surface area contributed by atoms with Crippen molar-refractivity contribution in [2.45, 2.75) is 38.0 Å². The molecule has 1 N–H and O–H groups in total. The van der Waals surface area contributed by atoms with Gasteiger partial charge in [-0.3, -0.25) is 4.90 Å². The number of aliphatic hydroxyl groups excluding tert-OH is 1. The monoisotopic (exact) mass is 276 g/mol. The molecule has 1 aliphatic heterocycles. The maximum absolute atomic E-state index is 10.2. The molecule has 0 bridgehead atoms. The van der Waals surface area contributed by atoms with Gasteiger partial charge in [0.25, 0.3) is 0 Å². The third-order valence-corrected chi connectivity index (χ3v) is 4.02. The van der Waals surface area contributed by atoms with Gasteiger partial charge in [-0.05, 0) is 37.9 Å². The molecule has 1 saturated heterocycles. The van der Waals surface area contributed by atoms with Crippen molar-refractivity contribution in [3.05, 3.63) is 36.3 Å². The molecular weight excluding hydrogens is 256 g/mol. The number of rotatable bonds is 5. The molecule has 1 aliphatic rings. The van der Waals surface area contributed by atoms with Crippen LogP contribution in [0.15, 0.2) is 29.1 Å². The molecule has 0 aromatic carbocycles. The van der Waals surface area contributed by atoms with Crippen LogP contribution in [0.4, 0.5) is 0 Å². The highest BCUT2D eigenvalue weighted by atomic mass is 16.4. The standard InChI is InChI=1S/C14H20N4O2/c1-17-10-15-16-14(17)9-18-6-2-4-11(18)8-12(19)13-5-3-7-20-13/h3,5,7,10-12,19H,2,4,6,8-9H2,1H3. The molecule has 0 radical (unpaired) electrons. The van der Waals surface area contributed by atoms with Crippen molar-refractivity contribution in [2.75, 3.05) is 6.54 Å². The van der Waals surface area contributed by atoms with E-state index in [0.717, 1.165) is 31.8 Å². The fourth-order valence-corrected chi connectivity index (χ4v) is 2.86. The Labute approximate surface area is 118 Å². The number of aliphatic hydroxyl groups is 1. The van der Waals surface area contributed by atoms with Gasteiger partial charge in [-0.15, -0.1) is 10.2 Å². The van der Waals surface area contributed by atoms with Gasteiger partial charge in [-0.2, -0.15) is 0 Å². The van der Waals surface area contributed by atoms with Crippen molar-refractivity contribution in [1.82, 2.24) is 19.7 Å². The summed E-state index contributed by atoms with van der Waals surface area (Å²) in [6.45, 7) is 1.83. The van der Waals surface area contributed by atoms with Gasteiger partial charge < -0.3 is 14.1 Å². The summed E-state index contributed by atoms with van der Waals surface area (Å²) in [5.74, 6) is 1.61. The second-order valence-electron chi connectivity index (χ2n) is 5.39. The van der Waals surface area contributed by atoms with Crippen molar-refractivity contribution >= 4 is 0 Å². The van der Waals surface area contributed by atoms with Gasteiger partial charge in [0.1, 0.15) is 24.0 Å².